The Balaban J connectivity index is 1.70. The van der Waals surface area contributed by atoms with E-state index in [1.54, 1.807) is 11.3 Å². The highest BCUT2D eigenvalue weighted by atomic mass is 32.1. The van der Waals surface area contributed by atoms with Crippen molar-refractivity contribution in [2.75, 3.05) is 0 Å². The van der Waals surface area contributed by atoms with Crippen molar-refractivity contribution in [2.45, 2.75) is 31.7 Å². The Hall–Kier alpha value is -1.13. The maximum absolute atomic E-state index is 12.1. The summed E-state index contributed by atoms with van der Waals surface area (Å²) in [5.41, 5.74) is 2.71. The first kappa shape index (κ1) is 10.8. The second-order valence-corrected chi connectivity index (χ2v) is 7.02. The van der Waals surface area contributed by atoms with Crippen LogP contribution in [0.25, 0.3) is 10.4 Å². The second-order valence-electron chi connectivity index (χ2n) is 4.97. The van der Waals surface area contributed by atoms with Crippen molar-refractivity contribution in [2.24, 2.45) is 0 Å². The van der Waals surface area contributed by atoms with E-state index in [-0.39, 0.29) is 5.91 Å². The van der Waals surface area contributed by atoms with Gasteiger partial charge in [0, 0.05) is 21.4 Å². The van der Waals surface area contributed by atoms with Crippen LogP contribution in [0.15, 0.2) is 17.5 Å². The Morgan fingerprint density at radius 2 is 2.22 bits per heavy atom. The first-order valence-electron chi connectivity index (χ1n) is 6.31. The predicted octanol–water partition coefficient (Wildman–Crippen LogP) is 3.47. The molecule has 1 saturated carbocycles. The average Bonchev–Trinajstić information content (AvgIpc) is 2.93. The van der Waals surface area contributed by atoms with E-state index in [4.69, 9.17) is 0 Å². The van der Waals surface area contributed by atoms with E-state index in [1.807, 2.05) is 11.3 Å². The zero-order valence-corrected chi connectivity index (χ0v) is 11.5. The lowest BCUT2D eigenvalue weighted by atomic mass is 9.98. The van der Waals surface area contributed by atoms with E-state index in [1.165, 1.54) is 20.9 Å². The third kappa shape index (κ3) is 1.71. The number of aryl methyl sites for hydroxylation is 2. The van der Waals surface area contributed by atoms with Gasteiger partial charge in [-0.15, -0.1) is 22.7 Å². The van der Waals surface area contributed by atoms with E-state index >= 15 is 0 Å². The second kappa shape index (κ2) is 3.93. The highest BCUT2D eigenvalue weighted by Crippen LogP contribution is 2.41. The van der Waals surface area contributed by atoms with E-state index in [2.05, 4.69) is 22.8 Å². The largest absolute Gasteiger partial charge is 0.349 e. The Bertz CT molecular complexity index is 622. The number of amides is 1. The summed E-state index contributed by atoms with van der Waals surface area (Å²) < 4.78 is 0. The molecule has 2 aliphatic carbocycles. The minimum Gasteiger partial charge on any atom is -0.349 e. The fourth-order valence-corrected chi connectivity index (χ4v) is 4.54. The van der Waals surface area contributed by atoms with Crippen LogP contribution in [0.1, 0.15) is 33.0 Å². The molecule has 0 unspecified atom stereocenters. The molecule has 0 aromatic carbocycles. The van der Waals surface area contributed by atoms with Crippen LogP contribution in [-0.2, 0) is 12.8 Å². The summed E-state index contributed by atoms with van der Waals surface area (Å²) >= 11 is 3.49. The van der Waals surface area contributed by atoms with Gasteiger partial charge in [-0.1, -0.05) is 0 Å². The van der Waals surface area contributed by atoms with Gasteiger partial charge in [0.2, 0.25) is 0 Å². The normalized spacial score (nSPS) is 17.1. The molecule has 2 aliphatic rings. The average molecular weight is 275 g/mol. The summed E-state index contributed by atoms with van der Waals surface area (Å²) in [6, 6.07) is 4.73. The van der Waals surface area contributed by atoms with Crippen LogP contribution >= 0.6 is 22.7 Å². The lowest BCUT2D eigenvalue weighted by Gasteiger charge is -2.10. The number of carbonyl (C=O) groups excluding carboxylic acids is 1. The quantitative estimate of drug-likeness (QED) is 0.893. The summed E-state index contributed by atoms with van der Waals surface area (Å²) in [5, 5.41) is 5.23. The molecule has 18 heavy (non-hydrogen) atoms. The minimum atomic E-state index is 0.119. The first-order valence-corrected chi connectivity index (χ1v) is 8.01. The first-order chi connectivity index (χ1) is 8.81. The van der Waals surface area contributed by atoms with Gasteiger partial charge in [0.15, 0.2) is 0 Å². The SMILES string of the molecule is O=C(NC1CC1)c1cc2c(s1)-c1ccsc1CC2. The molecule has 2 heterocycles. The third-order valence-electron chi connectivity index (χ3n) is 3.56. The lowest BCUT2D eigenvalue weighted by Crippen LogP contribution is -2.24. The minimum absolute atomic E-state index is 0.119. The number of fused-ring (bicyclic) bond motifs is 3. The van der Waals surface area contributed by atoms with Gasteiger partial charge >= 0.3 is 0 Å². The van der Waals surface area contributed by atoms with Crippen LogP contribution in [0.4, 0.5) is 0 Å². The molecular weight excluding hydrogens is 262 g/mol. The Labute approximate surface area is 114 Å². The molecule has 4 rings (SSSR count). The highest BCUT2D eigenvalue weighted by molar-refractivity contribution is 7.18. The van der Waals surface area contributed by atoms with Crippen molar-refractivity contribution in [3.63, 3.8) is 0 Å². The Morgan fingerprint density at radius 1 is 1.33 bits per heavy atom. The highest BCUT2D eigenvalue weighted by Gasteiger charge is 2.26. The topological polar surface area (TPSA) is 29.1 Å². The van der Waals surface area contributed by atoms with Crippen molar-refractivity contribution < 1.29 is 4.79 Å². The van der Waals surface area contributed by atoms with Crippen molar-refractivity contribution >= 4 is 28.6 Å². The van der Waals surface area contributed by atoms with Crippen molar-refractivity contribution in [3.8, 4) is 10.4 Å². The molecule has 1 N–H and O–H groups in total. The third-order valence-corrected chi connectivity index (χ3v) is 5.75. The molecule has 0 aliphatic heterocycles. The molecule has 0 bridgehead atoms. The van der Waals surface area contributed by atoms with Gasteiger partial charge in [-0.3, -0.25) is 4.79 Å². The molecule has 0 radical (unpaired) electrons. The zero-order valence-electron chi connectivity index (χ0n) is 9.86. The van der Waals surface area contributed by atoms with Gasteiger partial charge in [0.1, 0.15) is 0 Å². The molecule has 4 heteroatoms. The van der Waals surface area contributed by atoms with Gasteiger partial charge in [-0.2, -0.15) is 0 Å². The van der Waals surface area contributed by atoms with Crippen LogP contribution in [0.3, 0.4) is 0 Å². The van der Waals surface area contributed by atoms with E-state index < -0.39 is 0 Å². The molecule has 2 aromatic rings. The molecule has 2 aromatic heterocycles. The van der Waals surface area contributed by atoms with Crippen molar-refractivity contribution in [1.29, 1.82) is 0 Å². The summed E-state index contributed by atoms with van der Waals surface area (Å²) in [6.45, 7) is 0. The van der Waals surface area contributed by atoms with Gasteiger partial charge < -0.3 is 5.32 Å². The fraction of sp³-hybridized carbons (Fsp3) is 0.357. The van der Waals surface area contributed by atoms with Gasteiger partial charge in [-0.25, -0.2) is 0 Å². The van der Waals surface area contributed by atoms with E-state index in [0.717, 1.165) is 30.6 Å². The number of hydrogen-bond acceptors (Lipinski definition) is 3. The number of carbonyl (C=O) groups is 1. The number of thiophene rings is 2. The van der Waals surface area contributed by atoms with Crippen LogP contribution < -0.4 is 5.32 Å². The molecule has 92 valence electrons. The summed E-state index contributed by atoms with van der Waals surface area (Å²) in [5.74, 6) is 0.119. The molecule has 0 atom stereocenters. The Kier molecular flexibility index (Phi) is 2.35. The van der Waals surface area contributed by atoms with Crippen LogP contribution in [0.2, 0.25) is 0 Å². The molecule has 1 amide bonds. The van der Waals surface area contributed by atoms with E-state index in [0.29, 0.717) is 6.04 Å². The number of nitrogens with one attached hydrogen (secondary N) is 1. The van der Waals surface area contributed by atoms with Crippen LogP contribution in [0.5, 0.6) is 0 Å². The standard InChI is InChI=1S/C14H13NOS2/c16-14(15-9-2-3-9)12-7-8-1-4-11-10(5-6-17-11)13(8)18-12/h5-7,9H,1-4H2,(H,15,16). The Morgan fingerprint density at radius 3 is 3.06 bits per heavy atom. The van der Waals surface area contributed by atoms with Gasteiger partial charge in [0.05, 0.1) is 4.88 Å². The fourth-order valence-electron chi connectivity index (χ4n) is 2.42. The summed E-state index contributed by atoms with van der Waals surface area (Å²) in [7, 11) is 0. The van der Waals surface area contributed by atoms with Crippen LogP contribution in [0, 0.1) is 0 Å². The van der Waals surface area contributed by atoms with Gasteiger partial charge in [0.25, 0.3) is 5.91 Å². The number of rotatable bonds is 2. The summed E-state index contributed by atoms with van der Waals surface area (Å²) in [6.07, 6.45) is 4.49. The number of hydrogen-bond donors (Lipinski definition) is 1. The smallest absolute Gasteiger partial charge is 0.261 e. The maximum Gasteiger partial charge on any atom is 0.261 e. The molecule has 2 nitrogen and oxygen atoms in total. The van der Waals surface area contributed by atoms with Crippen molar-refractivity contribution in [3.05, 3.63) is 32.8 Å². The molecule has 0 saturated heterocycles. The van der Waals surface area contributed by atoms with Crippen LogP contribution in [-0.4, -0.2) is 11.9 Å². The zero-order chi connectivity index (χ0) is 12.1. The molecule has 0 spiro atoms. The monoisotopic (exact) mass is 275 g/mol. The molecular formula is C14H13NOS2. The van der Waals surface area contributed by atoms with Gasteiger partial charge in [-0.05, 0) is 48.8 Å². The predicted molar refractivity (Wildman–Crippen MR) is 75.5 cm³/mol. The maximum atomic E-state index is 12.1. The van der Waals surface area contributed by atoms with E-state index in [9.17, 15) is 4.79 Å². The molecule has 1 fully saturated rings. The lowest BCUT2D eigenvalue weighted by molar-refractivity contribution is 0.0955. The summed E-state index contributed by atoms with van der Waals surface area (Å²) in [4.78, 5) is 15.7. The van der Waals surface area contributed by atoms with Crippen molar-refractivity contribution in [1.82, 2.24) is 5.32 Å².